The van der Waals surface area contributed by atoms with Crippen molar-refractivity contribution in [3.63, 3.8) is 0 Å². The van der Waals surface area contributed by atoms with Crippen LogP contribution in [0.4, 0.5) is 5.69 Å². The third-order valence-corrected chi connectivity index (χ3v) is 6.01. The molecule has 1 N–H and O–H groups in total. The first-order valence-electron chi connectivity index (χ1n) is 9.25. The lowest BCUT2D eigenvalue weighted by Crippen LogP contribution is -2.35. The molecule has 2 unspecified atom stereocenters. The van der Waals surface area contributed by atoms with Gasteiger partial charge >= 0.3 is 0 Å². The maximum absolute atomic E-state index is 10.8. The van der Waals surface area contributed by atoms with Crippen molar-refractivity contribution in [1.82, 2.24) is 9.88 Å². The molecule has 1 aliphatic rings. The van der Waals surface area contributed by atoms with Gasteiger partial charge in [0.25, 0.3) is 5.69 Å². The molecule has 1 aromatic heterocycles. The Balaban J connectivity index is 1.37. The number of hydrogen-bond donors (Lipinski definition) is 1. The van der Waals surface area contributed by atoms with Crippen LogP contribution in [0.25, 0.3) is 10.2 Å². The molecule has 3 aromatic rings. The Morgan fingerprint density at radius 3 is 3.00 bits per heavy atom. The van der Waals surface area contributed by atoms with Crippen LogP contribution in [0.15, 0.2) is 48.5 Å². The number of thiazole rings is 1. The zero-order valence-electron chi connectivity index (χ0n) is 15.2. The number of aliphatic hydroxyl groups is 1. The van der Waals surface area contributed by atoms with E-state index in [1.54, 1.807) is 23.5 Å². The average Bonchev–Trinajstić information content (AvgIpc) is 3.32. The molecular weight excluding hydrogens is 378 g/mol. The molecule has 4 rings (SSSR count). The fourth-order valence-electron chi connectivity index (χ4n) is 3.56. The van der Waals surface area contributed by atoms with E-state index < -0.39 is 11.0 Å². The second kappa shape index (κ2) is 8.22. The maximum Gasteiger partial charge on any atom is 0.273 e. The van der Waals surface area contributed by atoms with Crippen molar-refractivity contribution in [3.05, 3.63) is 63.7 Å². The molecule has 2 heterocycles. The number of fused-ring (bicyclic) bond motifs is 1. The number of non-ortho nitro benzene ring substituents is 1. The zero-order chi connectivity index (χ0) is 19.5. The number of β-amino-alcohol motifs (C(OH)–C–C–N with tert-alkyl or cyclic N) is 1. The van der Waals surface area contributed by atoms with E-state index in [9.17, 15) is 15.2 Å². The highest BCUT2D eigenvalue weighted by atomic mass is 32.1. The number of nitro benzene ring substituents is 1. The molecule has 0 spiro atoms. The van der Waals surface area contributed by atoms with E-state index >= 15 is 0 Å². The number of para-hydroxylation sites is 1. The molecule has 0 radical (unpaired) electrons. The van der Waals surface area contributed by atoms with Gasteiger partial charge in [-0.25, -0.2) is 4.98 Å². The summed E-state index contributed by atoms with van der Waals surface area (Å²) in [6.07, 6.45) is 1.41. The first kappa shape index (κ1) is 18.8. The van der Waals surface area contributed by atoms with E-state index in [0.29, 0.717) is 12.3 Å². The Morgan fingerprint density at radius 1 is 1.32 bits per heavy atom. The van der Waals surface area contributed by atoms with E-state index in [2.05, 4.69) is 11.0 Å². The number of likely N-dealkylation sites (tertiary alicyclic amines) is 1. The standard InChI is InChI=1S/C20H21N3O4S/c24-15(13-27-16-6-3-5-14(11-16)23(25)26)12-22-10-4-8-18(22)20-21-17-7-1-2-9-19(17)28-20/h1-3,5-7,9,11,15,18,24H,4,8,10,12-13H2. The van der Waals surface area contributed by atoms with Gasteiger partial charge in [0.2, 0.25) is 0 Å². The van der Waals surface area contributed by atoms with Crippen LogP contribution in [0.5, 0.6) is 5.75 Å². The van der Waals surface area contributed by atoms with Crippen molar-refractivity contribution < 1.29 is 14.8 Å². The largest absolute Gasteiger partial charge is 0.491 e. The molecule has 1 aliphatic heterocycles. The molecule has 1 saturated heterocycles. The van der Waals surface area contributed by atoms with Crippen LogP contribution in [-0.4, -0.2) is 45.7 Å². The summed E-state index contributed by atoms with van der Waals surface area (Å²) < 4.78 is 6.74. The van der Waals surface area contributed by atoms with Crippen molar-refractivity contribution in [2.45, 2.75) is 25.0 Å². The number of aliphatic hydroxyl groups excluding tert-OH is 1. The van der Waals surface area contributed by atoms with E-state index in [1.165, 1.54) is 16.8 Å². The fourth-order valence-corrected chi connectivity index (χ4v) is 4.70. The average molecular weight is 399 g/mol. The number of benzene rings is 2. The summed E-state index contributed by atoms with van der Waals surface area (Å²) in [5.41, 5.74) is 0.992. The first-order chi connectivity index (χ1) is 13.6. The van der Waals surface area contributed by atoms with Crippen LogP contribution in [0.3, 0.4) is 0 Å². The van der Waals surface area contributed by atoms with Crippen molar-refractivity contribution in [2.24, 2.45) is 0 Å². The molecular formula is C20H21N3O4S. The highest BCUT2D eigenvalue weighted by Gasteiger charge is 2.30. The minimum atomic E-state index is -0.686. The summed E-state index contributed by atoms with van der Waals surface area (Å²) in [6, 6.07) is 14.3. The molecule has 0 bridgehead atoms. The maximum atomic E-state index is 10.8. The second-order valence-electron chi connectivity index (χ2n) is 6.89. The summed E-state index contributed by atoms with van der Waals surface area (Å²) >= 11 is 1.71. The SMILES string of the molecule is O=[N+]([O-])c1cccc(OCC(O)CN2CCCC2c2nc3ccccc3s2)c1. The Kier molecular flexibility index (Phi) is 5.52. The van der Waals surface area contributed by atoms with Gasteiger partial charge in [-0.15, -0.1) is 11.3 Å². The molecule has 0 amide bonds. The van der Waals surface area contributed by atoms with Gasteiger partial charge in [0.1, 0.15) is 23.5 Å². The van der Waals surface area contributed by atoms with Gasteiger partial charge in [0.05, 0.1) is 27.2 Å². The fraction of sp³-hybridized carbons (Fsp3) is 0.350. The van der Waals surface area contributed by atoms with Crippen LogP contribution in [-0.2, 0) is 0 Å². The van der Waals surface area contributed by atoms with E-state index in [-0.39, 0.29) is 18.3 Å². The van der Waals surface area contributed by atoms with Gasteiger partial charge in [0.15, 0.2) is 0 Å². The number of ether oxygens (including phenoxy) is 1. The highest BCUT2D eigenvalue weighted by Crippen LogP contribution is 2.36. The zero-order valence-corrected chi connectivity index (χ0v) is 16.0. The third kappa shape index (κ3) is 4.14. The lowest BCUT2D eigenvalue weighted by Gasteiger charge is -2.25. The van der Waals surface area contributed by atoms with Gasteiger partial charge in [0, 0.05) is 12.6 Å². The topological polar surface area (TPSA) is 88.7 Å². The number of rotatable bonds is 7. The van der Waals surface area contributed by atoms with Crippen molar-refractivity contribution in [3.8, 4) is 5.75 Å². The van der Waals surface area contributed by atoms with E-state index in [4.69, 9.17) is 9.72 Å². The molecule has 2 atom stereocenters. The summed E-state index contributed by atoms with van der Waals surface area (Å²) in [6.45, 7) is 1.48. The predicted molar refractivity (Wildman–Crippen MR) is 108 cm³/mol. The lowest BCUT2D eigenvalue weighted by atomic mass is 10.2. The van der Waals surface area contributed by atoms with Crippen LogP contribution in [0, 0.1) is 10.1 Å². The van der Waals surface area contributed by atoms with Crippen molar-refractivity contribution in [1.29, 1.82) is 0 Å². The van der Waals surface area contributed by atoms with Crippen molar-refractivity contribution in [2.75, 3.05) is 19.7 Å². The predicted octanol–water partition coefficient (Wildman–Crippen LogP) is 3.78. The van der Waals surface area contributed by atoms with Crippen LogP contribution in [0.1, 0.15) is 23.9 Å². The molecule has 0 aliphatic carbocycles. The van der Waals surface area contributed by atoms with Crippen LogP contribution < -0.4 is 4.74 Å². The number of nitrogens with zero attached hydrogens (tertiary/aromatic N) is 3. The number of hydrogen-bond acceptors (Lipinski definition) is 7. The van der Waals surface area contributed by atoms with Gasteiger partial charge in [-0.05, 0) is 37.6 Å². The summed E-state index contributed by atoms with van der Waals surface area (Å²) in [5.74, 6) is 0.386. The summed E-state index contributed by atoms with van der Waals surface area (Å²) in [7, 11) is 0. The highest BCUT2D eigenvalue weighted by molar-refractivity contribution is 7.18. The second-order valence-corrected chi connectivity index (χ2v) is 7.95. The van der Waals surface area contributed by atoms with Crippen molar-refractivity contribution >= 4 is 27.2 Å². The number of aromatic nitrogens is 1. The molecule has 1 fully saturated rings. The Bertz CT molecular complexity index is 944. The quantitative estimate of drug-likeness (QED) is 0.480. The third-order valence-electron chi connectivity index (χ3n) is 4.88. The summed E-state index contributed by atoms with van der Waals surface area (Å²) in [5, 5.41) is 22.4. The lowest BCUT2D eigenvalue weighted by molar-refractivity contribution is -0.384. The molecule has 8 heteroatoms. The van der Waals surface area contributed by atoms with Gasteiger partial charge in [-0.1, -0.05) is 18.2 Å². The Labute approximate surface area is 166 Å². The number of nitro groups is 1. The normalized spacial score (nSPS) is 18.4. The van der Waals surface area contributed by atoms with Gasteiger partial charge in [-0.3, -0.25) is 15.0 Å². The van der Waals surface area contributed by atoms with Crippen LogP contribution >= 0.6 is 11.3 Å². The Hall–Kier alpha value is -2.55. The molecule has 146 valence electrons. The van der Waals surface area contributed by atoms with Gasteiger partial charge in [-0.2, -0.15) is 0 Å². The minimum absolute atomic E-state index is 0.0255. The van der Waals surface area contributed by atoms with E-state index in [0.717, 1.165) is 29.9 Å². The first-order valence-corrected chi connectivity index (χ1v) is 10.1. The monoisotopic (exact) mass is 399 g/mol. The summed E-state index contributed by atoms with van der Waals surface area (Å²) in [4.78, 5) is 17.4. The Morgan fingerprint density at radius 2 is 2.18 bits per heavy atom. The molecule has 28 heavy (non-hydrogen) atoms. The van der Waals surface area contributed by atoms with E-state index in [1.807, 2.05) is 18.2 Å². The van der Waals surface area contributed by atoms with Crippen LogP contribution in [0.2, 0.25) is 0 Å². The minimum Gasteiger partial charge on any atom is -0.491 e. The van der Waals surface area contributed by atoms with Gasteiger partial charge < -0.3 is 9.84 Å². The molecule has 2 aromatic carbocycles. The smallest absolute Gasteiger partial charge is 0.273 e. The molecule has 0 saturated carbocycles. The molecule has 7 nitrogen and oxygen atoms in total.